The van der Waals surface area contributed by atoms with Crippen LogP contribution in [0.15, 0.2) is 0 Å². The number of likely N-dealkylation sites (N-methyl/N-ethyl adjacent to an activating group) is 1. The van der Waals surface area contributed by atoms with Gasteiger partial charge >= 0.3 is 5.97 Å². The molecule has 1 unspecified atom stereocenters. The summed E-state index contributed by atoms with van der Waals surface area (Å²) in [7, 11) is 1.41. The van der Waals surface area contributed by atoms with Crippen molar-refractivity contribution in [2.75, 3.05) is 59.7 Å². The molecule has 0 aromatic carbocycles. The van der Waals surface area contributed by atoms with Crippen molar-refractivity contribution in [3.05, 3.63) is 0 Å². The molecule has 6 nitrogen and oxygen atoms in total. The number of nitrogens with one attached hydrogen (secondary N) is 1. The minimum Gasteiger partial charge on any atom is -0.468 e. The molecule has 1 N–H and O–H groups in total. The lowest BCUT2D eigenvalue weighted by atomic mass is 10.2. The van der Waals surface area contributed by atoms with E-state index in [0.717, 1.165) is 19.6 Å². The number of ether oxygens (including phenoxy) is 3. The summed E-state index contributed by atoms with van der Waals surface area (Å²) < 4.78 is 15.6. The van der Waals surface area contributed by atoms with E-state index in [1.807, 2.05) is 20.8 Å². The molecular formula is C14H30N2O4. The molecule has 120 valence electrons. The molecule has 0 aliphatic heterocycles. The zero-order chi connectivity index (χ0) is 15.2. The third-order valence-electron chi connectivity index (χ3n) is 2.89. The van der Waals surface area contributed by atoms with E-state index in [-0.39, 0.29) is 12.0 Å². The third-order valence-corrected chi connectivity index (χ3v) is 2.89. The van der Waals surface area contributed by atoms with Gasteiger partial charge in [0.2, 0.25) is 0 Å². The van der Waals surface area contributed by atoms with E-state index >= 15 is 0 Å². The Hall–Kier alpha value is -0.690. The summed E-state index contributed by atoms with van der Waals surface area (Å²) >= 11 is 0. The standard InChI is InChI=1S/C14H30N2O4/c1-5-15-13(14(17)18-4)12-16(8-10-19-6-2)9-11-20-7-3/h13,15H,5-12H2,1-4H3. The molecule has 1 atom stereocenters. The van der Waals surface area contributed by atoms with Gasteiger partial charge in [-0.15, -0.1) is 0 Å². The number of methoxy groups -OCH3 is 1. The van der Waals surface area contributed by atoms with Crippen LogP contribution in [0.4, 0.5) is 0 Å². The monoisotopic (exact) mass is 290 g/mol. The Bertz CT molecular complexity index is 229. The van der Waals surface area contributed by atoms with Crippen LogP contribution in [0.3, 0.4) is 0 Å². The first-order chi connectivity index (χ1) is 9.69. The summed E-state index contributed by atoms with van der Waals surface area (Å²) in [6.45, 7) is 11.5. The van der Waals surface area contributed by atoms with E-state index in [1.54, 1.807) is 0 Å². The average Bonchev–Trinajstić information content (AvgIpc) is 2.46. The Kier molecular flexibility index (Phi) is 12.8. The molecule has 0 fully saturated rings. The summed E-state index contributed by atoms with van der Waals surface area (Å²) in [6, 6.07) is -0.312. The molecule has 6 heteroatoms. The van der Waals surface area contributed by atoms with Crippen LogP contribution in [0, 0.1) is 0 Å². The predicted octanol–water partition coefficient (Wildman–Crippen LogP) is 0.513. The van der Waals surface area contributed by atoms with Gasteiger partial charge in [-0.3, -0.25) is 9.69 Å². The SMILES string of the molecule is CCNC(CN(CCOCC)CCOCC)C(=O)OC. The highest BCUT2D eigenvalue weighted by atomic mass is 16.5. The fourth-order valence-corrected chi connectivity index (χ4v) is 1.84. The normalized spacial score (nSPS) is 12.7. The minimum atomic E-state index is -0.312. The second kappa shape index (κ2) is 13.3. The Morgan fingerprint density at radius 2 is 1.65 bits per heavy atom. The maximum atomic E-state index is 11.7. The van der Waals surface area contributed by atoms with Crippen molar-refractivity contribution in [1.29, 1.82) is 0 Å². The largest absolute Gasteiger partial charge is 0.468 e. The predicted molar refractivity (Wildman–Crippen MR) is 78.9 cm³/mol. The Morgan fingerprint density at radius 1 is 1.10 bits per heavy atom. The van der Waals surface area contributed by atoms with Crippen LogP contribution in [-0.4, -0.2) is 76.6 Å². The van der Waals surface area contributed by atoms with E-state index in [4.69, 9.17) is 14.2 Å². The van der Waals surface area contributed by atoms with Gasteiger partial charge in [0, 0.05) is 32.8 Å². The van der Waals surface area contributed by atoms with Crippen LogP contribution < -0.4 is 5.32 Å². The molecule has 0 aliphatic carbocycles. The number of carbonyl (C=O) groups is 1. The molecular weight excluding hydrogens is 260 g/mol. The van der Waals surface area contributed by atoms with Gasteiger partial charge in [-0.2, -0.15) is 0 Å². The van der Waals surface area contributed by atoms with Gasteiger partial charge < -0.3 is 19.5 Å². The molecule has 0 spiro atoms. The van der Waals surface area contributed by atoms with Gasteiger partial charge in [-0.25, -0.2) is 0 Å². The van der Waals surface area contributed by atoms with Gasteiger partial charge in [-0.05, 0) is 20.4 Å². The fourth-order valence-electron chi connectivity index (χ4n) is 1.84. The van der Waals surface area contributed by atoms with E-state index < -0.39 is 0 Å². The summed E-state index contributed by atoms with van der Waals surface area (Å²) in [5, 5.41) is 3.15. The maximum absolute atomic E-state index is 11.7. The molecule has 0 heterocycles. The first-order valence-electron chi connectivity index (χ1n) is 7.38. The summed E-state index contributed by atoms with van der Waals surface area (Å²) in [6.07, 6.45) is 0. The van der Waals surface area contributed by atoms with Gasteiger partial charge in [-0.1, -0.05) is 6.92 Å². The van der Waals surface area contributed by atoms with Gasteiger partial charge in [0.25, 0.3) is 0 Å². The topological polar surface area (TPSA) is 60.0 Å². The van der Waals surface area contributed by atoms with Crippen LogP contribution in [0.25, 0.3) is 0 Å². The van der Waals surface area contributed by atoms with Gasteiger partial charge in [0.15, 0.2) is 0 Å². The Labute approximate surface area is 122 Å². The molecule has 0 aromatic heterocycles. The molecule has 0 saturated heterocycles. The number of esters is 1. The first kappa shape index (κ1) is 19.3. The van der Waals surface area contributed by atoms with Crippen molar-refractivity contribution in [2.45, 2.75) is 26.8 Å². The highest BCUT2D eigenvalue weighted by Gasteiger charge is 2.21. The second-order valence-corrected chi connectivity index (χ2v) is 4.33. The fraction of sp³-hybridized carbons (Fsp3) is 0.929. The van der Waals surface area contributed by atoms with Crippen LogP contribution in [-0.2, 0) is 19.0 Å². The van der Waals surface area contributed by atoms with Gasteiger partial charge in [0.05, 0.1) is 20.3 Å². The molecule has 0 bridgehead atoms. The van der Waals surface area contributed by atoms with E-state index in [2.05, 4.69) is 10.2 Å². The lowest BCUT2D eigenvalue weighted by Crippen LogP contribution is -2.48. The van der Waals surface area contributed by atoms with E-state index in [1.165, 1.54) is 7.11 Å². The maximum Gasteiger partial charge on any atom is 0.324 e. The molecule has 0 aliphatic rings. The zero-order valence-electron chi connectivity index (χ0n) is 13.3. The number of hydrogen-bond acceptors (Lipinski definition) is 6. The lowest BCUT2D eigenvalue weighted by molar-refractivity contribution is -0.143. The summed E-state index contributed by atoms with van der Waals surface area (Å²) in [5.74, 6) is -0.232. The van der Waals surface area contributed by atoms with Crippen LogP contribution in [0.1, 0.15) is 20.8 Å². The first-order valence-corrected chi connectivity index (χ1v) is 7.38. The number of hydrogen-bond donors (Lipinski definition) is 1. The van der Waals surface area contributed by atoms with Crippen LogP contribution in [0.5, 0.6) is 0 Å². The van der Waals surface area contributed by atoms with Gasteiger partial charge in [0.1, 0.15) is 6.04 Å². The highest BCUT2D eigenvalue weighted by Crippen LogP contribution is 1.97. The van der Waals surface area contributed by atoms with Crippen molar-refractivity contribution in [2.24, 2.45) is 0 Å². The Balaban J connectivity index is 4.34. The highest BCUT2D eigenvalue weighted by molar-refractivity contribution is 5.75. The number of rotatable bonds is 13. The second-order valence-electron chi connectivity index (χ2n) is 4.33. The molecule has 0 radical (unpaired) electrons. The number of nitrogens with zero attached hydrogens (tertiary/aromatic N) is 1. The van der Waals surface area contributed by atoms with E-state index in [0.29, 0.717) is 33.0 Å². The molecule has 20 heavy (non-hydrogen) atoms. The smallest absolute Gasteiger partial charge is 0.324 e. The van der Waals surface area contributed by atoms with Crippen molar-refractivity contribution >= 4 is 5.97 Å². The molecule has 0 saturated carbocycles. The minimum absolute atomic E-state index is 0.232. The number of carbonyl (C=O) groups excluding carboxylic acids is 1. The molecule has 0 aromatic rings. The van der Waals surface area contributed by atoms with Crippen molar-refractivity contribution in [1.82, 2.24) is 10.2 Å². The molecule has 0 rings (SSSR count). The van der Waals surface area contributed by atoms with Crippen molar-refractivity contribution in [3.8, 4) is 0 Å². The van der Waals surface area contributed by atoms with Crippen LogP contribution >= 0.6 is 0 Å². The molecule has 0 amide bonds. The third kappa shape index (κ3) is 9.25. The lowest BCUT2D eigenvalue weighted by Gasteiger charge is -2.26. The van der Waals surface area contributed by atoms with Crippen molar-refractivity contribution < 1.29 is 19.0 Å². The van der Waals surface area contributed by atoms with Crippen LogP contribution in [0.2, 0.25) is 0 Å². The average molecular weight is 290 g/mol. The zero-order valence-corrected chi connectivity index (χ0v) is 13.3. The summed E-state index contributed by atoms with van der Waals surface area (Å²) in [5.41, 5.74) is 0. The Morgan fingerprint density at radius 3 is 2.05 bits per heavy atom. The summed E-state index contributed by atoms with van der Waals surface area (Å²) in [4.78, 5) is 13.9. The van der Waals surface area contributed by atoms with Crippen molar-refractivity contribution in [3.63, 3.8) is 0 Å². The quantitative estimate of drug-likeness (QED) is 0.394. The van der Waals surface area contributed by atoms with E-state index in [9.17, 15) is 4.79 Å².